The number of aliphatic hydroxyl groups is 1. The van der Waals surface area contributed by atoms with Crippen LogP contribution >= 0.6 is 15.6 Å². The van der Waals surface area contributed by atoms with Gasteiger partial charge in [-0.3, -0.25) is 37.3 Å². The van der Waals surface area contributed by atoms with Crippen molar-refractivity contribution in [1.82, 2.24) is 0 Å². The van der Waals surface area contributed by atoms with Crippen molar-refractivity contribution in [1.29, 1.82) is 0 Å². The molecule has 2 unspecified atom stereocenters. The Morgan fingerprint density at radius 3 is 0.701 bits per heavy atom. The molecule has 0 aliphatic carbocycles. The lowest BCUT2D eigenvalue weighted by atomic mass is 10.0. The number of hydrogen-bond donors (Lipinski definition) is 3. The lowest BCUT2D eigenvalue weighted by molar-refractivity contribution is -0.161. The molecule has 5 atom stereocenters. The van der Waals surface area contributed by atoms with E-state index in [4.69, 9.17) is 37.0 Å². The highest BCUT2D eigenvalue weighted by Crippen LogP contribution is 2.45. The molecule has 0 saturated heterocycles. The Kier molecular flexibility index (Phi) is 67.1. The fourth-order valence-corrected chi connectivity index (χ4v) is 13.5. The van der Waals surface area contributed by atoms with E-state index in [-0.39, 0.29) is 25.7 Å². The van der Waals surface area contributed by atoms with Gasteiger partial charge >= 0.3 is 39.5 Å². The van der Waals surface area contributed by atoms with E-state index < -0.39 is 97.5 Å². The molecule has 0 saturated carbocycles. The number of rotatable bonds is 76. The van der Waals surface area contributed by atoms with E-state index in [2.05, 4.69) is 48.5 Å². The first kappa shape index (κ1) is 95.1. The van der Waals surface area contributed by atoms with Crippen LogP contribution in [0.3, 0.4) is 0 Å². The summed E-state index contributed by atoms with van der Waals surface area (Å²) in [6, 6.07) is 0. The van der Waals surface area contributed by atoms with E-state index in [0.717, 1.165) is 108 Å². The third-order valence-corrected chi connectivity index (χ3v) is 20.0. The maximum absolute atomic E-state index is 13.1. The van der Waals surface area contributed by atoms with Crippen molar-refractivity contribution in [3.05, 3.63) is 0 Å². The van der Waals surface area contributed by atoms with Crippen LogP contribution in [0.15, 0.2) is 0 Å². The van der Waals surface area contributed by atoms with Gasteiger partial charge in [0.15, 0.2) is 12.2 Å². The van der Waals surface area contributed by atoms with Gasteiger partial charge < -0.3 is 33.8 Å². The van der Waals surface area contributed by atoms with Gasteiger partial charge in [0.1, 0.15) is 19.3 Å². The second-order valence-electron chi connectivity index (χ2n) is 29.5. The lowest BCUT2D eigenvalue weighted by Gasteiger charge is -2.21. The van der Waals surface area contributed by atoms with Gasteiger partial charge in [0, 0.05) is 25.7 Å². The monoisotopic (exact) mass is 1420 g/mol. The van der Waals surface area contributed by atoms with E-state index >= 15 is 0 Å². The lowest BCUT2D eigenvalue weighted by Crippen LogP contribution is -2.30. The van der Waals surface area contributed by atoms with Gasteiger partial charge in [-0.15, -0.1) is 0 Å². The first-order valence-corrected chi connectivity index (χ1v) is 43.3. The summed E-state index contributed by atoms with van der Waals surface area (Å²) in [5, 5.41) is 10.6. The summed E-state index contributed by atoms with van der Waals surface area (Å²) < 4.78 is 68.6. The molecule has 19 heteroatoms. The summed E-state index contributed by atoms with van der Waals surface area (Å²) in [4.78, 5) is 72.9. The maximum Gasteiger partial charge on any atom is 0.472 e. The molecule has 0 aromatic heterocycles. The number of ether oxygens (including phenoxy) is 4. The molecular weight excluding hydrogens is 1270 g/mol. The fraction of sp³-hybridized carbons (Fsp3) is 0.949. The van der Waals surface area contributed by atoms with Crippen molar-refractivity contribution in [3.8, 4) is 0 Å². The van der Waals surface area contributed by atoms with Gasteiger partial charge in [0.2, 0.25) is 0 Å². The van der Waals surface area contributed by atoms with Gasteiger partial charge in [0.05, 0.1) is 26.4 Å². The van der Waals surface area contributed by atoms with E-state index in [1.165, 1.54) is 212 Å². The van der Waals surface area contributed by atoms with Crippen LogP contribution in [0.2, 0.25) is 0 Å². The van der Waals surface area contributed by atoms with E-state index in [9.17, 15) is 43.2 Å². The molecule has 0 heterocycles. The van der Waals surface area contributed by atoms with Gasteiger partial charge in [-0.25, -0.2) is 9.13 Å². The zero-order valence-electron chi connectivity index (χ0n) is 63.5. The molecule has 576 valence electrons. The highest BCUT2D eigenvalue weighted by molar-refractivity contribution is 7.47. The Bertz CT molecular complexity index is 1890. The minimum absolute atomic E-state index is 0.105. The van der Waals surface area contributed by atoms with E-state index in [0.29, 0.717) is 25.7 Å². The molecule has 0 amide bonds. The van der Waals surface area contributed by atoms with E-state index in [1.807, 2.05) is 0 Å². The third-order valence-electron chi connectivity index (χ3n) is 18.1. The van der Waals surface area contributed by atoms with Gasteiger partial charge in [-0.2, -0.15) is 0 Å². The number of phosphoric ester groups is 2. The molecule has 0 spiro atoms. The van der Waals surface area contributed by atoms with Gasteiger partial charge in [-0.05, 0) is 43.4 Å². The zero-order valence-corrected chi connectivity index (χ0v) is 65.3. The number of carbonyl (C=O) groups is 4. The van der Waals surface area contributed by atoms with Crippen molar-refractivity contribution in [2.24, 2.45) is 17.8 Å². The first-order chi connectivity index (χ1) is 46.7. The second-order valence-corrected chi connectivity index (χ2v) is 32.4. The third kappa shape index (κ3) is 72.2. The zero-order chi connectivity index (χ0) is 71.6. The standard InChI is InChI=1S/C78H152O17P2/c1-8-9-10-11-12-13-14-15-16-17-18-19-20-21-24-32-40-47-54-61-77(82)94-73(65-88-75(80)59-52-45-38-31-25-22-23-28-35-42-49-56-69(2)3)67-92-96(84,85)90-63-72(79)64-91-97(86,87)93-68-74(95-78(83)62-55-48-41-34-27-30-37-44-51-58-71(6)7)66-89-76(81)60-53-46-39-33-26-29-36-43-50-57-70(4)5/h69-74,79H,8-68H2,1-7H3,(H,84,85)(H,86,87)/t72-,73-,74-/m1/s1. The van der Waals surface area contributed by atoms with Crippen molar-refractivity contribution >= 4 is 39.5 Å². The molecule has 0 fully saturated rings. The van der Waals surface area contributed by atoms with Crippen molar-refractivity contribution in [2.45, 2.75) is 420 Å². The quantitative estimate of drug-likeness (QED) is 0.0222. The summed E-state index contributed by atoms with van der Waals surface area (Å²) in [5.41, 5.74) is 0. The average molecular weight is 1420 g/mol. The summed E-state index contributed by atoms with van der Waals surface area (Å²) >= 11 is 0. The molecule has 0 aromatic rings. The Labute approximate surface area is 594 Å². The number of unbranched alkanes of at least 4 members (excludes halogenated alkanes) is 44. The number of esters is 4. The van der Waals surface area contributed by atoms with Crippen LogP contribution < -0.4 is 0 Å². The second kappa shape index (κ2) is 68.5. The minimum atomic E-state index is -4.96. The van der Waals surface area contributed by atoms with E-state index in [1.54, 1.807) is 0 Å². The Morgan fingerprint density at radius 2 is 0.474 bits per heavy atom. The molecule has 0 aromatic carbocycles. The molecule has 97 heavy (non-hydrogen) atoms. The van der Waals surface area contributed by atoms with Crippen molar-refractivity contribution < 1.29 is 80.2 Å². The molecule has 0 aliphatic rings. The summed E-state index contributed by atoms with van der Waals surface area (Å²) in [6.07, 6.45) is 55.5. The molecule has 0 aliphatic heterocycles. The number of hydrogen-bond acceptors (Lipinski definition) is 15. The minimum Gasteiger partial charge on any atom is -0.462 e. The van der Waals surface area contributed by atoms with Gasteiger partial charge in [-0.1, -0.05) is 350 Å². The molecular formula is C78H152O17P2. The highest BCUT2D eigenvalue weighted by atomic mass is 31.2. The smallest absolute Gasteiger partial charge is 0.462 e. The Balaban J connectivity index is 5.25. The largest absolute Gasteiger partial charge is 0.472 e. The van der Waals surface area contributed by atoms with Crippen LogP contribution in [0.4, 0.5) is 0 Å². The predicted molar refractivity (Wildman–Crippen MR) is 395 cm³/mol. The number of aliphatic hydroxyl groups excluding tert-OH is 1. The number of carbonyl (C=O) groups excluding carboxylic acids is 4. The summed E-state index contributed by atoms with van der Waals surface area (Å²) in [7, 11) is -9.92. The highest BCUT2D eigenvalue weighted by Gasteiger charge is 2.30. The van der Waals surface area contributed by atoms with Crippen molar-refractivity contribution in [3.63, 3.8) is 0 Å². The molecule has 3 N–H and O–H groups in total. The summed E-state index contributed by atoms with van der Waals surface area (Å²) in [6.45, 7) is 11.9. The first-order valence-electron chi connectivity index (χ1n) is 40.3. The predicted octanol–water partition coefficient (Wildman–Crippen LogP) is 23.0. The Morgan fingerprint density at radius 1 is 0.278 bits per heavy atom. The van der Waals surface area contributed by atoms with Crippen LogP contribution in [0, 0.1) is 17.8 Å². The topological polar surface area (TPSA) is 237 Å². The van der Waals surface area contributed by atoms with Crippen LogP contribution in [0.5, 0.6) is 0 Å². The molecule has 0 rings (SSSR count). The SMILES string of the molecule is CCCCCCCCCCCCCCCCCCCCCC(=O)O[C@H](COC(=O)CCCCCCCCCCCCCC(C)C)COP(=O)(O)OC[C@@H](O)COP(=O)(O)OC[C@@H](COC(=O)CCCCCCCCCCCC(C)C)OC(=O)CCCCCCCCCCCC(C)C. The fourth-order valence-electron chi connectivity index (χ4n) is 12.0. The van der Waals surface area contributed by atoms with Crippen molar-refractivity contribution in [2.75, 3.05) is 39.6 Å². The summed E-state index contributed by atoms with van der Waals surface area (Å²) in [5.74, 6) is 0.135. The van der Waals surface area contributed by atoms with Gasteiger partial charge in [0.25, 0.3) is 0 Å². The molecule has 0 radical (unpaired) electrons. The van der Waals surface area contributed by atoms with Crippen LogP contribution in [-0.2, 0) is 65.4 Å². The number of phosphoric acid groups is 2. The van der Waals surface area contributed by atoms with Crippen LogP contribution in [0.25, 0.3) is 0 Å². The maximum atomic E-state index is 13.1. The molecule has 0 bridgehead atoms. The average Bonchev–Trinajstić information content (AvgIpc) is 1.42. The molecule has 17 nitrogen and oxygen atoms in total. The van der Waals surface area contributed by atoms with Crippen LogP contribution in [-0.4, -0.2) is 96.7 Å². The normalized spacial score (nSPS) is 14.0. The Hall–Kier alpha value is -1.94. The van der Waals surface area contributed by atoms with Crippen LogP contribution in [0.1, 0.15) is 402 Å².